The zero-order valence-electron chi connectivity index (χ0n) is 18.8. The molecule has 1 atom stereocenters. The Balaban J connectivity index is 1.71. The van der Waals surface area contributed by atoms with Crippen molar-refractivity contribution in [1.29, 1.82) is 0 Å². The number of rotatable bonds is 7. The van der Waals surface area contributed by atoms with Gasteiger partial charge in [-0.05, 0) is 36.3 Å². The van der Waals surface area contributed by atoms with Crippen LogP contribution in [-0.2, 0) is 9.59 Å². The summed E-state index contributed by atoms with van der Waals surface area (Å²) < 4.78 is 10.6. The molecule has 1 aliphatic heterocycles. The standard InChI is InChI=1S/C22H32N4O6/c1-22(2,3)19(20(28)26(12-18(27)25-30)11-14-6-4-5-7-14)24-21(29)23-15-8-9-16-17(10-15)32-13-31-16/h8-10,14,19,30H,4-7,11-13H2,1-3H3,(H,25,27)(H2,23,24,29)/t19-/m1/s1. The average Bonchev–Trinajstić information content (AvgIpc) is 3.41. The monoisotopic (exact) mass is 448 g/mol. The molecule has 0 radical (unpaired) electrons. The predicted molar refractivity (Wildman–Crippen MR) is 116 cm³/mol. The van der Waals surface area contributed by atoms with E-state index in [2.05, 4.69) is 10.6 Å². The highest BCUT2D eigenvalue weighted by atomic mass is 16.7. The number of carbonyl (C=O) groups excluding carboxylic acids is 3. The molecule has 176 valence electrons. The molecule has 1 aromatic carbocycles. The van der Waals surface area contributed by atoms with Crippen molar-refractivity contribution in [2.75, 3.05) is 25.2 Å². The van der Waals surface area contributed by atoms with Gasteiger partial charge < -0.3 is 25.0 Å². The Hall–Kier alpha value is -3.01. The summed E-state index contributed by atoms with van der Waals surface area (Å²) in [6.07, 6.45) is 4.17. The van der Waals surface area contributed by atoms with Crippen LogP contribution in [0, 0.1) is 11.3 Å². The number of hydrogen-bond donors (Lipinski definition) is 4. The van der Waals surface area contributed by atoms with E-state index < -0.39 is 23.4 Å². The molecule has 32 heavy (non-hydrogen) atoms. The van der Waals surface area contributed by atoms with Gasteiger partial charge in [-0.15, -0.1) is 0 Å². The van der Waals surface area contributed by atoms with Crippen LogP contribution in [0.5, 0.6) is 11.5 Å². The number of anilines is 1. The van der Waals surface area contributed by atoms with Gasteiger partial charge in [-0.2, -0.15) is 0 Å². The minimum Gasteiger partial charge on any atom is -0.454 e. The number of hydrogen-bond acceptors (Lipinski definition) is 6. The predicted octanol–water partition coefficient (Wildman–Crippen LogP) is 2.48. The zero-order valence-corrected chi connectivity index (χ0v) is 18.8. The van der Waals surface area contributed by atoms with E-state index in [1.165, 1.54) is 4.90 Å². The highest BCUT2D eigenvalue weighted by molar-refractivity contribution is 5.95. The van der Waals surface area contributed by atoms with Crippen molar-refractivity contribution < 1.29 is 29.1 Å². The molecule has 0 saturated heterocycles. The number of amides is 4. The number of benzene rings is 1. The lowest BCUT2D eigenvalue weighted by Crippen LogP contribution is -2.57. The Morgan fingerprint density at radius 2 is 1.84 bits per heavy atom. The summed E-state index contributed by atoms with van der Waals surface area (Å²) in [5.74, 6) is 0.392. The van der Waals surface area contributed by atoms with Crippen LogP contribution in [0.4, 0.5) is 10.5 Å². The summed E-state index contributed by atoms with van der Waals surface area (Å²) in [6.45, 7) is 5.79. The van der Waals surface area contributed by atoms with Crippen LogP contribution < -0.4 is 25.6 Å². The normalized spacial score (nSPS) is 16.4. The van der Waals surface area contributed by atoms with Gasteiger partial charge in [0.1, 0.15) is 12.6 Å². The average molecular weight is 449 g/mol. The summed E-state index contributed by atoms with van der Waals surface area (Å²) >= 11 is 0. The lowest BCUT2D eigenvalue weighted by atomic mass is 9.85. The second kappa shape index (κ2) is 10.1. The fraction of sp³-hybridized carbons (Fsp3) is 0.591. The first kappa shape index (κ1) is 23.6. The minimum absolute atomic E-state index is 0.129. The van der Waals surface area contributed by atoms with E-state index >= 15 is 0 Å². The second-order valence-electron chi connectivity index (χ2n) is 9.37. The molecule has 0 unspecified atom stereocenters. The second-order valence-corrected chi connectivity index (χ2v) is 9.37. The van der Waals surface area contributed by atoms with Gasteiger partial charge in [-0.3, -0.25) is 14.8 Å². The third-order valence-electron chi connectivity index (χ3n) is 5.74. The maximum atomic E-state index is 13.5. The Bertz CT molecular complexity index is 847. The first-order valence-electron chi connectivity index (χ1n) is 10.9. The van der Waals surface area contributed by atoms with E-state index in [1.54, 1.807) is 23.7 Å². The van der Waals surface area contributed by atoms with Crippen LogP contribution in [0.2, 0.25) is 0 Å². The molecular weight excluding hydrogens is 416 g/mol. The number of nitrogens with zero attached hydrogens (tertiary/aromatic N) is 1. The highest BCUT2D eigenvalue weighted by Crippen LogP contribution is 2.34. The van der Waals surface area contributed by atoms with Gasteiger partial charge >= 0.3 is 6.03 Å². The van der Waals surface area contributed by atoms with E-state index in [-0.39, 0.29) is 19.2 Å². The van der Waals surface area contributed by atoms with E-state index in [9.17, 15) is 14.4 Å². The number of fused-ring (bicyclic) bond motifs is 1. The largest absolute Gasteiger partial charge is 0.454 e. The van der Waals surface area contributed by atoms with E-state index in [1.807, 2.05) is 20.8 Å². The third kappa shape index (κ3) is 6.03. The lowest BCUT2D eigenvalue weighted by Gasteiger charge is -2.35. The van der Waals surface area contributed by atoms with E-state index in [0.29, 0.717) is 29.6 Å². The summed E-state index contributed by atoms with van der Waals surface area (Å²) in [5, 5.41) is 14.4. The Labute approximate surface area is 187 Å². The van der Waals surface area contributed by atoms with Crippen LogP contribution in [0.15, 0.2) is 18.2 Å². The molecule has 1 fully saturated rings. The third-order valence-corrected chi connectivity index (χ3v) is 5.74. The topological polar surface area (TPSA) is 129 Å². The van der Waals surface area contributed by atoms with Crippen LogP contribution in [-0.4, -0.2) is 53.9 Å². The van der Waals surface area contributed by atoms with E-state index in [0.717, 1.165) is 25.7 Å². The molecule has 10 nitrogen and oxygen atoms in total. The quantitative estimate of drug-likeness (QED) is 0.375. The number of nitrogens with one attached hydrogen (secondary N) is 3. The molecule has 10 heteroatoms. The zero-order chi connectivity index (χ0) is 23.3. The summed E-state index contributed by atoms with van der Waals surface area (Å²) in [7, 11) is 0. The lowest BCUT2D eigenvalue weighted by molar-refractivity contribution is -0.142. The van der Waals surface area contributed by atoms with Crippen molar-refractivity contribution in [3.63, 3.8) is 0 Å². The van der Waals surface area contributed by atoms with Crippen LogP contribution in [0.3, 0.4) is 0 Å². The van der Waals surface area contributed by atoms with Crippen LogP contribution in [0.25, 0.3) is 0 Å². The van der Waals surface area contributed by atoms with Gasteiger partial charge in [-0.1, -0.05) is 33.6 Å². The first-order chi connectivity index (χ1) is 15.2. The minimum atomic E-state index is -0.885. The van der Waals surface area contributed by atoms with Gasteiger partial charge in [0.2, 0.25) is 12.7 Å². The Kier molecular flexibility index (Phi) is 7.44. The fourth-order valence-corrected chi connectivity index (χ4v) is 4.05. The van der Waals surface area contributed by atoms with Gasteiger partial charge in [0.25, 0.3) is 5.91 Å². The van der Waals surface area contributed by atoms with Crippen molar-refractivity contribution >= 4 is 23.5 Å². The van der Waals surface area contributed by atoms with Gasteiger partial charge in [0.15, 0.2) is 11.5 Å². The van der Waals surface area contributed by atoms with Gasteiger partial charge in [0.05, 0.1) is 0 Å². The van der Waals surface area contributed by atoms with Gasteiger partial charge in [-0.25, -0.2) is 10.3 Å². The molecule has 0 bridgehead atoms. The number of carbonyl (C=O) groups is 3. The van der Waals surface area contributed by atoms with Crippen molar-refractivity contribution in [2.45, 2.75) is 52.5 Å². The molecular formula is C22H32N4O6. The molecule has 1 heterocycles. The molecule has 0 spiro atoms. The van der Waals surface area contributed by atoms with Crippen molar-refractivity contribution in [3.8, 4) is 11.5 Å². The van der Waals surface area contributed by atoms with Gasteiger partial charge in [0, 0.05) is 18.3 Å². The Morgan fingerprint density at radius 3 is 2.50 bits per heavy atom. The summed E-state index contributed by atoms with van der Waals surface area (Å²) in [5.41, 5.74) is 1.47. The molecule has 3 rings (SSSR count). The molecule has 0 aromatic heterocycles. The van der Waals surface area contributed by atoms with E-state index in [4.69, 9.17) is 14.7 Å². The van der Waals surface area contributed by atoms with Crippen LogP contribution in [0.1, 0.15) is 46.5 Å². The van der Waals surface area contributed by atoms with Crippen molar-refractivity contribution in [2.24, 2.45) is 11.3 Å². The number of ether oxygens (including phenoxy) is 2. The highest BCUT2D eigenvalue weighted by Gasteiger charge is 2.37. The van der Waals surface area contributed by atoms with Crippen LogP contribution >= 0.6 is 0 Å². The maximum Gasteiger partial charge on any atom is 0.319 e. The number of hydroxylamine groups is 1. The smallest absolute Gasteiger partial charge is 0.319 e. The fourth-order valence-electron chi connectivity index (χ4n) is 4.05. The maximum absolute atomic E-state index is 13.5. The molecule has 4 amide bonds. The first-order valence-corrected chi connectivity index (χ1v) is 10.9. The van der Waals surface area contributed by atoms with Crippen molar-refractivity contribution in [3.05, 3.63) is 18.2 Å². The summed E-state index contributed by atoms with van der Waals surface area (Å²) in [6, 6.07) is 3.59. The number of urea groups is 1. The SMILES string of the molecule is CC(C)(C)[C@H](NC(=O)Nc1ccc2c(c1)OCO2)C(=O)N(CC(=O)NO)CC1CCCC1. The molecule has 4 N–H and O–H groups in total. The molecule has 1 aliphatic carbocycles. The Morgan fingerprint density at radius 1 is 1.16 bits per heavy atom. The molecule has 2 aliphatic rings. The summed E-state index contributed by atoms with van der Waals surface area (Å²) in [4.78, 5) is 39.5. The van der Waals surface area contributed by atoms with Crippen molar-refractivity contribution in [1.82, 2.24) is 15.7 Å². The molecule has 1 saturated carbocycles. The molecule has 1 aromatic rings.